The van der Waals surface area contributed by atoms with Crippen LogP contribution in [0, 0.1) is 6.92 Å². The smallest absolute Gasteiger partial charge is 0.264 e. The van der Waals surface area contributed by atoms with Gasteiger partial charge in [-0.1, -0.05) is 57.9 Å². The van der Waals surface area contributed by atoms with Gasteiger partial charge in [-0.25, -0.2) is 8.42 Å². The maximum atomic E-state index is 14.0. The monoisotopic (exact) mass is 615 g/mol. The highest BCUT2D eigenvalue weighted by molar-refractivity contribution is 9.10. The summed E-state index contributed by atoms with van der Waals surface area (Å²) in [5, 5.41) is 2.76. The van der Waals surface area contributed by atoms with E-state index in [-0.39, 0.29) is 23.0 Å². The average molecular weight is 617 g/mol. The van der Waals surface area contributed by atoms with Gasteiger partial charge in [-0.05, 0) is 69.7 Å². The lowest BCUT2D eigenvalue weighted by atomic mass is 10.1. The number of nitrogens with zero attached hydrogens (tertiary/aromatic N) is 2. The molecule has 1 atom stereocenters. The Morgan fingerprint density at radius 1 is 0.974 bits per heavy atom. The fraction of sp³-hybridized carbons (Fsp3) is 0.310. The van der Waals surface area contributed by atoms with Crippen molar-refractivity contribution in [2.24, 2.45) is 0 Å². The third kappa shape index (κ3) is 7.60. The van der Waals surface area contributed by atoms with Gasteiger partial charge in [0.05, 0.1) is 17.2 Å². The summed E-state index contributed by atoms with van der Waals surface area (Å²) in [6, 6.07) is 19.7. The minimum atomic E-state index is -4.18. The van der Waals surface area contributed by atoms with Crippen LogP contribution in [0.2, 0.25) is 0 Å². The van der Waals surface area contributed by atoms with E-state index in [0.29, 0.717) is 18.9 Å². The summed E-state index contributed by atoms with van der Waals surface area (Å²) in [7, 11) is -4.18. The summed E-state index contributed by atoms with van der Waals surface area (Å²) in [6.07, 6.45) is 0. The van der Waals surface area contributed by atoms with E-state index in [0.717, 1.165) is 19.9 Å². The topological polar surface area (TPSA) is 96.0 Å². The van der Waals surface area contributed by atoms with Crippen LogP contribution in [0.4, 0.5) is 5.69 Å². The van der Waals surface area contributed by atoms with Crippen LogP contribution in [0.1, 0.15) is 31.9 Å². The molecule has 10 heteroatoms. The fourth-order valence-electron chi connectivity index (χ4n) is 3.98. The van der Waals surface area contributed by atoms with Crippen LogP contribution in [0.15, 0.2) is 82.2 Å². The Hall–Kier alpha value is -3.37. The van der Waals surface area contributed by atoms with Crippen molar-refractivity contribution in [1.29, 1.82) is 0 Å². The predicted octanol–water partition coefficient (Wildman–Crippen LogP) is 4.90. The molecule has 0 saturated heterocycles. The van der Waals surface area contributed by atoms with Crippen molar-refractivity contribution < 1.29 is 22.7 Å². The van der Waals surface area contributed by atoms with Crippen LogP contribution in [0.5, 0.6) is 5.75 Å². The minimum absolute atomic E-state index is 0.0448. The number of ether oxygens (including phenoxy) is 1. The number of carbonyl (C=O) groups is 2. The van der Waals surface area contributed by atoms with Crippen molar-refractivity contribution in [2.45, 2.75) is 45.2 Å². The standard InChI is InChI=1S/C29H34BrN3O5S/c1-5-31-29(35)22(4)32(19-23-13-15-24(30)16-14-23)28(34)20-33(26-9-7-8-10-27(26)38-6-2)39(36,37)25-17-11-21(3)12-18-25/h7-18,22H,5-6,19-20H2,1-4H3,(H,31,35). The van der Waals surface area contributed by atoms with Crippen molar-refractivity contribution in [2.75, 3.05) is 24.0 Å². The first-order valence-corrected chi connectivity index (χ1v) is 14.9. The summed E-state index contributed by atoms with van der Waals surface area (Å²) in [5.74, 6) is -0.524. The second-order valence-corrected chi connectivity index (χ2v) is 11.7. The second-order valence-electron chi connectivity index (χ2n) is 8.94. The Balaban J connectivity index is 2.07. The molecule has 8 nitrogen and oxygen atoms in total. The molecule has 0 fully saturated rings. The number of para-hydroxylation sites is 2. The number of amides is 2. The number of aryl methyl sites for hydroxylation is 1. The number of halogens is 1. The normalized spacial score (nSPS) is 11.9. The van der Waals surface area contributed by atoms with Crippen LogP contribution in [0.25, 0.3) is 0 Å². The molecule has 3 rings (SSSR count). The van der Waals surface area contributed by atoms with Gasteiger partial charge in [0.2, 0.25) is 11.8 Å². The largest absolute Gasteiger partial charge is 0.492 e. The number of carbonyl (C=O) groups excluding carboxylic acids is 2. The average Bonchev–Trinajstić information content (AvgIpc) is 2.92. The first-order chi connectivity index (χ1) is 18.6. The van der Waals surface area contributed by atoms with Crippen LogP contribution >= 0.6 is 15.9 Å². The molecule has 1 unspecified atom stereocenters. The Bertz CT molecular complexity index is 1380. The molecule has 39 heavy (non-hydrogen) atoms. The lowest BCUT2D eigenvalue weighted by Gasteiger charge is -2.32. The molecule has 0 aliphatic carbocycles. The van der Waals surface area contributed by atoms with E-state index in [1.165, 1.54) is 17.0 Å². The molecular formula is C29H34BrN3O5S. The lowest BCUT2D eigenvalue weighted by molar-refractivity contribution is -0.139. The van der Waals surface area contributed by atoms with Gasteiger partial charge in [0.15, 0.2) is 0 Å². The number of likely N-dealkylation sites (N-methyl/N-ethyl adjacent to an activating group) is 1. The SMILES string of the molecule is CCNC(=O)C(C)N(Cc1ccc(Br)cc1)C(=O)CN(c1ccccc1OCC)S(=O)(=O)c1ccc(C)cc1. The van der Waals surface area contributed by atoms with Gasteiger partial charge in [0.25, 0.3) is 10.0 Å². The minimum Gasteiger partial charge on any atom is -0.492 e. The zero-order valence-electron chi connectivity index (χ0n) is 22.6. The molecule has 0 aromatic heterocycles. The number of rotatable bonds is 12. The van der Waals surface area contributed by atoms with Gasteiger partial charge in [-0.3, -0.25) is 13.9 Å². The molecule has 3 aromatic rings. The van der Waals surface area contributed by atoms with Gasteiger partial charge in [-0.15, -0.1) is 0 Å². The van der Waals surface area contributed by atoms with Crippen molar-refractivity contribution in [1.82, 2.24) is 10.2 Å². The molecule has 0 aliphatic rings. The number of sulfonamides is 1. The summed E-state index contributed by atoms with van der Waals surface area (Å²) in [4.78, 5) is 28.2. The number of benzene rings is 3. The fourth-order valence-corrected chi connectivity index (χ4v) is 5.67. The first-order valence-electron chi connectivity index (χ1n) is 12.7. The van der Waals surface area contributed by atoms with E-state index in [1.807, 2.05) is 31.2 Å². The first kappa shape index (κ1) is 30.2. The molecule has 0 saturated carbocycles. The molecule has 0 bridgehead atoms. The van der Waals surface area contributed by atoms with Crippen molar-refractivity contribution in [3.05, 3.63) is 88.4 Å². The molecule has 0 spiro atoms. The molecule has 0 radical (unpaired) electrons. The summed E-state index contributed by atoms with van der Waals surface area (Å²) >= 11 is 3.41. The highest BCUT2D eigenvalue weighted by Crippen LogP contribution is 2.33. The maximum Gasteiger partial charge on any atom is 0.264 e. The van der Waals surface area contributed by atoms with E-state index in [4.69, 9.17) is 4.74 Å². The number of hydrogen-bond acceptors (Lipinski definition) is 5. The van der Waals surface area contributed by atoms with Gasteiger partial charge in [-0.2, -0.15) is 0 Å². The van der Waals surface area contributed by atoms with Gasteiger partial charge in [0.1, 0.15) is 18.3 Å². The maximum absolute atomic E-state index is 14.0. The zero-order valence-corrected chi connectivity index (χ0v) is 25.0. The molecular weight excluding hydrogens is 582 g/mol. The van der Waals surface area contributed by atoms with Gasteiger partial charge < -0.3 is 15.0 Å². The quantitative estimate of drug-likeness (QED) is 0.312. The Labute approximate surface area is 239 Å². The number of hydrogen-bond donors (Lipinski definition) is 1. The summed E-state index contributed by atoms with van der Waals surface area (Å²) < 4.78 is 35.6. The molecule has 208 valence electrons. The van der Waals surface area contributed by atoms with Gasteiger partial charge >= 0.3 is 0 Å². The third-order valence-electron chi connectivity index (χ3n) is 6.11. The predicted molar refractivity (Wildman–Crippen MR) is 156 cm³/mol. The summed E-state index contributed by atoms with van der Waals surface area (Å²) in [5.41, 5.74) is 1.94. The lowest BCUT2D eigenvalue weighted by Crippen LogP contribution is -2.51. The van der Waals surface area contributed by atoms with Crippen molar-refractivity contribution in [3.63, 3.8) is 0 Å². The van der Waals surface area contributed by atoms with Crippen molar-refractivity contribution in [3.8, 4) is 5.75 Å². The van der Waals surface area contributed by atoms with Crippen LogP contribution < -0.4 is 14.4 Å². The number of anilines is 1. The Morgan fingerprint density at radius 2 is 1.62 bits per heavy atom. The van der Waals surface area contributed by atoms with E-state index in [2.05, 4.69) is 21.2 Å². The zero-order chi connectivity index (χ0) is 28.6. The van der Waals surface area contributed by atoms with E-state index in [9.17, 15) is 18.0 Å². The third-order valence-corrected chi connectivity index (χ3v) is 8.41. The van der Waals surface area contributed by atoms with E-state index in [1.54, 1.807) is 57.2 Å². The Morgan fingerprint density at radius 3 is 2.23 bits per heavy atom. The Kier molecular flexibility index (Phi) is 10.5. The van der Waals surface area contributed by atoms with Crippen molar-refractivity contribution >= 4 is 43.5 Å². The molecule has 1 N–H and O–H groups in total. The van der Waals surface area contributed by atoms with Crippen LogP contribution in [-0.4, -0.2) is 50.9 Å². The number of nitrogens with one attached hydrogen (secondary N) is 1. The molecule has 0 aliphatic heterocycles. The molecule has 3 aromatic carbocycles. The summed E-state index contributed by atoms with van der Waals surface area (Å²) in [6.45, 7) is 7.41. The molecule has 0 heterocycles. The second kappa shape index (κ2) is 13.6. The molecule has 2 amide bonds. The highest BCUT2D eigenvalue weighted by atomic mass is 79.9. The van der Waals surface area contributed by atoms with Gasteiger partial charge in [0, 0.05) is 17.6 Å². The highest BCUT2D eigenvalue weighted by Gasteiger charge is 2.33. The van der Waals surface area contributed by atoms with Crippen LogP contribution in [0.3, 0.4) is 0 Å². The van der Waals surface area contributed by atoms with E-state index >= 15 is 0 Å². The van der Waals surface area contributed by atoms with Crippen LogP contribution in [-0.2, 0) is 26.2 Å². The van der Waals surface area contributed by atoms with E-state index < -0.39 is 28.5 Å².